The molecule has 0 bridgehead atoms. The molecule has 8 nitrogen and oxygen atoms in total. The number of nitrogens with zero attached hydrogens (tertiary/aromatic N) is 1. The Bertz CT molecular complexity index is 457. The molecule has 8 heteroatoms. The Labute approximate surface area is 116 Å². The molecule has 0 unspecified atom stereocenters. The molecule has 0 aromatic heterocycles. The molecule has 0 radical (unpaired) electrons. The van der Waals surface area contributed by atoms with Crippen molar-refractivity contribution < 1.29 is 29.1 Å². The second-order valence-electron chi connectivity index (χ2n) is 6.15. The summed E-state index contributed by atoms with van der Waals surface area (Å²) in [4.78, 5) is 40.9. The van der Waals surface area contributed by atoms with Crippen molar-refractivity contribution in [2.24, 2.45) is 0 Å². The Morgan fingerprint density at radius 3 is 2.60 bits per heavy atom. The second-order valence-corrected chi connectivity index (χ2v) is 6.15. The van der Waals surface area contributed by atoms with Gasteiger partial charge in [0.15, 0.2) is 0 Å². The van der Waals surface area contributed by atoms with E-state index in [0.717, 1.165) is 4.90 Å². The van der Waals surface area contributed by atoms with Gasteiger partial charge in [0.25, 0.3) is 0 Å². The van der Waals surface area contributed by atoms with E-state index in [4.69, 9.17) is 9.57 Å². The number of likely N-dealkylation sites (tertiary alicyclic amines) is 1. The van der Waals surface area contributed by atoms with Crippen molar-refractivity contribution >= 4 is 18.0 Å². The maximum absolute atomic E-state index is 12.1. The Morgan fingerprint density at radius 2 is 2.15 bits per heavy atom. The van der Waals surface area contributed by atoms with Crippen LogP contribution in [0.5, 0.6) is 0 Å². The van der Waals surface area contributed by atoms with Crippen molar-refractivity contribution in [1.82, 2.24) is 10.4 Å². The van der Waals surface area contributed by atoms with Crippen LogP contribution in [0.1, 0.15) is 33.6 Å². The van der Waals surface area contributed by atoms with Crippen LogP contribution in [0, 0.1) is 0 Å². The van der Waals surface area contributed by atoms with Gasteiger partial charge in [-0.25, -0.2) is 15.1 Å². The van der Waals surface area contributed by atoms with Crippen molar-refractivity contribution in [2.75, 3.05) is 6.54 Å². The van der Waals surface area contributed by atoms with Gasteiger partial charge in [-0.05, 0) is 20.8 Å². The zero-order valence-electron chi connectivity index (χ0n) is 11.6. The highest BCUT2D eigenvalue weighted by atomic mass is 16.7. The quantitative estimate of drug-likeness (QED) is 0.717. The lowest BCUT2D eigenvalue weighted by molar-refractivity contribution is -0.142. The van der Waals surface area contributed by atoms with Crippen LogP contribution in [0.25, 0.3) is 0 Å². The van der Waals surface area contributed by atoms with E-state index in [1.54, 1.807) is 20.8 Å². The first-order chi connectivity index (χ1) is 9.12. The van der Waals surface area contributed by atoms with Crippen LogP contribution < -0.4 is 5.48 Å². The number of rotatable bonds is 1. The summed E-state index contributed by atoms with van der Waals surface area (Å²) in [5.74, 6) is -1.46. The zero-order chi connectivity index (χ0) is 15.1. The molecular formula is C12H18N2O6. The number of aliphatic carboxylic acids is 1. The average Bonchev–Trinajstić information content (AvgIpc) is 2.81. The zero-order valence-corrected chi connectivity index (χ0v) is 11.6. The first kappa shape index (κ1) is 14.6. The van der Waals surface area contributed by atoms with E-state index >= 15 is 0 Å². The summed E-state index contributed by atoms with van der Waals surface area (Å²) in [6.45, 7) is 5.11. The van der Waals surface area contributed by atoms with Gasteiger partial charge in [0.1, 0.15) is 17.2 Å². The minimum absolute atomic E-state index is 0.0115. The van der Waals surface area contributed by atoms with Crippen LogP contribution in [0.4, 0.5) is 4.79 Å². The monoisotopic (exact) mass is 286 g/mol. The number of carbonyl (C=O) groups excluding carboxylic acids is 2. The number of hydroxylamine groups is 1. The van der Waals surface area contributed by atoms with Gasteiger partial charge in [0.2, 0.25) is 5.91 Å². The van der Waals surface area contributed by atoms with Crippen LogP contribution in [-0.2, 0) is 19.2 Å². The molecule has 2 aliphatic rings. The van der Waals surface area contributed by atoms with Crippen molar-refractivity contribution in [2.45, 2.75) is 50.9 Å². The van der Waals surface area contributed by atoms with Gasteiger partial charge in [-0.2, -0.15) is 0 Å². The first-order valence-corrected chi connectivity index (χ1v) is 6.31. The lowest BCUT2D eigenvalue weighted by Gasteiger charge is -2.27. The fourth-order valence-electron chi connectivity index (χ4n) is 2.41. The van der Waals surface area contributed by atoms with E-state index in [0.29, 0.717) is 0 Å². The Hall–Kier alpha value is -1.83. The molecule has 2 rings (SSSR count). The molecule has 2 saturated heterocycles. The van der Waals surface area contributed by atoms with Gasteiger partial charge in [-0.1, -0.05) is 0 Å². The lowest BCUT2D eigenvalue weighted by Crippen LogP contribution is -2.44. The van der Waals surface area contributed by atoms with Crippen molar-refractivity contribution in [3.8, 4) is 0 Å². The number of carboxylic acid groups (broad SMARTS) is 1. The molecule has 0 aromatic carbocycles. The summed E-state index contributed by atoms with van der Waals surface area (Å²) < 4.78 is 5.19. The summed E-state index contributed by atoms with van der Waals surface area (Å²) in [5.41, 5.74) is 0.512. The van der Waals surface area contributed by atoms with Crippen LogP contribution in [0.15, 0.2) is 0 Å². The number of hydrogen-bond donors (Lipinski definition) is 2. The molecule has 2 amide bonds. The molecule has 2 fully saturated rings. The third-order valence-electron chi connectivity index (χ3n) is 3.18. The molecule has 0 aromatic rings. The number of ether oxygens (including phenoxy) is 1. The summed E-state index contributed by atoms with van der Waals surface area (Å²) >= 11 is 0. The fourth-order valence-corrected chi connectivity index (χ4v) is 2.41. The van der Waals surface area contributed by atoms with E-state index in [-0.39, 0.29) is 25.3 Å². The molecule has 2 atom stereocenters. The lowest BCUT2D eigenvalue weighted by atomic mass is 9.97. The van der Waals surface area contributed by atoms with E-state index in [9.17, 15) is 19.5 Å². The largest absolute Gasteiger partial charge is 0.480 e. The molecular weight excluding hydrogens is 268 g/mol. The maximum atomic E-state index is 12.1. The van der Waals surface area contributed by atoms with Crippen molar-refractivity contribution in [1.29, 1.82) is 0 Å². The van der Waals surface area contributed by atoms with Gasteiger partial charge < -0.3 is 9.84 Å². The summed E-state index contributed by atoms with van der Waals surface area (Å²) in [5, 5.41) is 9.23. The van der Waals surface area contributed by atoms with Gasteiger partial charge >= 0.3 is 12.1 Å². The predicted octanol–water partition coefficient (Wildman–Crippen LogP) is 0.271. The van der Waals surface area contributed by atoms with Crippen molar-refractivity contribution in [3.63, 3.8) is 0 Å². The highest BCUT2D eigenvalue weighted by molar-refractivity contribution is 5.83. The predicted molar refractivity (Wildman–Crippen MR) is 65.6 cm³/mol. The van der Waals surface area contributed by atoms with Gasteiger partial charge in [0, 0.05) is 6.42 Å². The molecule has 0 aliphatic carbocycles. The van der Waals surface area contributed by atoms with Gasteiger partial charge in [-0.15, -0.1) is 0 Å². The van der Waals surface area contributed by atoms with E-state index in [2.05, 4.69) is 5.48 Å². The molecule has 1 spiro atoms. The SMILES string of the molecule is CC(C)(C)OC(=O)N1C[C@]2(CC(=O)NO2)C[C@H]1C(=O)O. The molecule has 2 aliphatic heterocycles. The Kier molecular flexibility index (Phi) is 3.37. The minimum Gasteiger partial charge on any atom is -0.480 e. The smallest absolute Gasteiger partial charge is 0.411 e. The number of amides is 2. The summed E-state index contributed by atoms with van der Waals surface area (Å²) in [6, 6.07) is -1.06. The summed E-state index contributed by atoms with van der Waals surface area (Å²) in [7, 11) is 0. The number of nitrogens with one attached hydrogen (secondary N) is 1. The van der Waals surface area contributed by atoms with E-state index < -0.39 is 29.3 Å². The fraction of sp³-hybridized carbons (Fsp3) is 0.750. The normalized spacial score (nSPS) is 29.6. The second kappa shape index (κ2) is 4.62. The van der Waals surface area contributed by atoms with E-state index in [1.165, 1.54) is 0 Å². The minimum atomic E-state index is -1.14. The maximum Gasteiger partial charge on any atom is 0.411 e. The van der Waals surface area contributed by atoms with Crippen LogP contribution >= 0.6 is 0 Å². The van der Waals surface area contributed by atoms with Crippen LogP contribution in [0.2, 0.25) is 0 Å². The Balaban J connectivity index is 2.16. The number of hydrogen-bond acceptors (Lipinski definition) is 5. The highest BCUT2D eigenvalue weighted by Gasteiger charge is 2.54. The number of carbonyl (C=O) groups is 3. The van der Waals surface area contributed by atoms with Crippen molar-refractivity contribution in [3.05, 3.63) is 0 Å². The number of carboxylic acids is 1. The molecule has 20 heavy (non-hydrogen) atoms. The van der Waals surface area contributed by atoms with E-state index in [1.807, 2.05) is 0 Å². The Morgan fingerprint density at radius 1 is 1.50 bits per heavy atom. The molecule has 2 heterocycles. The molecule has 2 N–H and O–H groups in total. The summed E-state index contributed by atoms with van der Waals surface area (Å²) in [6.07, 6.45) is -0.624. The highest BCUT2D eigenvalue weighted by Crippen LogP contribution is 2.36. The molecule has 112 valence electrons. The van der Waals surface area contributed by atoms with Gasteiger partial charge in [-0.3, -0.25) is 14.5 Å². The average molecular weight is 286 g/mol. The van der Waals surface area contributed by atoms with Crippen LogP contribution in [-0.4, -0.2) is 51.8 Å². The van der Waals surface area contributed by atoms with Crippen LogP contribution in [0.3, 0.4) is 0 Å². The third-order valence-corrected chi connectivity index (χ3v) is 3.18. The topological polar surface area (TPSA) is 105 Å². The third kappa shape index (κ3) is 2.84. The standard InChI is InChI=1S/C12H18N2O6/c1-11(2,3)19-10(18)14-6-12(4-7(14)9(16)17)5-8(15)13-20-12/h7H,4-6H2,1-3H3,(H,13,15)(H,16,17)/t7-,12+/m0/s1. The van der Waals surface area contributed by atoms with Gasteiger partial charge in [0.05, 0.1) is 13.0 Å². The first-order valence-electron chi connectivity index (χ1n) is 6.31. The molecule has 0 saturated carbocycles.